The molecule has 0 amide bonds. The fraction of sp³-hybridized carbons (Fsp3) is 0.231. The van der Waals surface area contributed by atoms with Gasteiger partial charge in [-0.15, -0.1) is 5.10 Å². The normalized spacial score (nSPS) is 12.9. The molecule has 1 aliphatic heterocycles. The van der Waals surface area contributed by atoms with Crippen LogP contribution in [0, 0.1) is 0 Å². The predicted molar refractivity (Wildman–Crippen MR) is 143 cm³/mol. The van der Waals surface area contributed by atoms with E-state index in [1.807, 2.05) is 18.2 Å². The van der Waals surface area contributed by atoms with Gasteiger partial charge >= 0.3 is 5.97 Å². The number of H-pyrrole nitrogens is 1. The lowest BCUT2D eigenvalue weighted by atomic mass is 10.1. The van der Waals surface area contributed by atoms with Crippen LogP contribution in [0.2, 0.25) is 0 Å². The van der Waals surface area contributed by atoms with Crippen LogP contribution in [0.5, 0.6) is 11.5 Å². The molecule has 0 unspecified atom stereocenters. The summed E-state index contributed by atoms with van der Waals surface area (Å²) in [5.41, 5.74) is 1.12. The second kappa shape index (κ2) is 10.3. The standard InChI is InChI=1S/C26H22N6O6S/c1-36-22(33)14-39-26-28-25(29-30-26)32-8-6-19-17(24(32)35)12-16-18(27-19)5-7-31(23(16)34)13-15-3-4-20-21(11-15)38-10-2-9-37-20/h3-8,11-12H,2,9-10,13-14H2,1H3,(H,28,29,30). The largest absolute Gasteiger partial charge is 0.490 e. The summed E-state index contributed by atoms with van der Waals surface area (Å²) in [7, 11) is 1.30. The Morgan fingerprint density at radius 1 is 1.00 bits per heavy atom. The van der Waals surface area contributed by atoms with Crippen molar-refractivity contribution in [1.29, 1.82) is 0 Å². The highest BCUT2D eigenvalue weighted by molar-refractivity contribution is 7.99. The molecule has 5 heterocycles. The fourth-order valence-corrected chi connectivity index (χ4v) is 4.88. The van der Waals surface area contributed by atoms with E-state index in [1.54, 1.807) is 29.0 Å². The first-order valence-electron chi connectivity index (χ1n) is 12.1. The third-order valence-electron chi connectivity index (χ3n) is 6.21. The Bertz CT molecular complexity index is 1850. The predicted octanol–water partition coefficient (Wildman–Crippen LogP) is 2.29. The topological polar surface area (TPSA) is 143 Å². The van der Waals surface area contributed by atoms with E-state index in [0.717, 1.165) is 23.7 Å². The molecule has 5 aromatic rings. The number of thioether (sulfide) groups is 1. The number of fused-ring (bicyclic) bond motifs is 3. The van der Waals surface area contributed by atoms with E-state index in [1.165, 1.54) is 17.9 Å². The molecule has 0 atom stereocenters. The van der Waals surface area contributed by atoms with E-state index in [0.29, 0.717) is 47.7 Å². The van der Waals surface area contributed by atoms with Crippen molar-refractivity contribution >= 4 is 39.5 Å². The lowest BCUT2D eigenvalue weighted by Crippen LogP contribution is -2.22. The van der Waals surface area contributed by atoms with Gasteiger partial charge in [0, 0.05) is 18.8 Å². The Kier molecular flexibility index (Phi) is 6.49. The molecule has 0 saturated carbocycles. The number of nitrogens with one attached hydrogen (secondary N) is 1. The van der Waals surface area contributed by atoms with Crippen molar-refractivity contribution in [2.24, 2.45) is 0 Å². The number of rotatable bonds is 6. The van der Waals surface area contributed by atoms with Gasteiger partial charge in [-0.3, -0.25) is 19.0 Å². The number of hydrogen-bond donors (Lipinski definition) is 1. The molecule has 0 aliphatic carbocycles. The summed E-state index contributed by atoms with van der Waals surface area (Å²) >= 11 is 1.08. The van der Waals surface area contributed by atoms with E-state index in [9.17, 15) is 14.4 Å². The molecule has 1 N–H and O–H groups in total. The van der Waals surface area contributed by atoms with Crippen LogP contribution in [-0.2, 0) is 16.1 Å². The Balaban J connectivity index is 1.34. The number of ether oxygens (including phenoxy) is 3. The first kappa shape index (κ1) is 24.7. The Hall–Kier alpha value is -4.65. The highest BCUT2D eigenvalue weighted by Gasteiger charge is 2.15. The lowest BCUT2D eigenvalue weighted by molar-refractivity contribution is -0.137. The van der Waals surface area contributed by atoms with Crippen molar-refractivity contribution in [3.63, 3.8) is 0 Å². The number of nitrogens with zero attached hydrogens (tertiary/aromatic N) is 5. The molecule has 0 fully saturated rings. The average Bonchev–Trinajstić information content (AvgIpc) is 3.29. The molecule has 1 aliphatic rings. The van der Waals surface area contributed by atoms with E-state index < -0.39 is 11.5 Å². The summed E-state index contributed by atoms with van der Waals surface area (Å²) < 4.78 is 18.9. The number of benzene rings is 1. The summed E-state index contributed by atoms with van der Waals surface area (Å²) in [6.45, 7) is 1.49. The molecule has 0 bridgehead atoms. The SMILES string of the molecule is COC(=O)CSc1n[nH]c(-n2ccc3nc4ccn(Cc5ccc6c(c5)OCCCO6)c(=O)c4cc3c2=O)n1. The minimum atomic E-state index is -0.416. The van der Waals surface area contributed by atoms with Crippen molar-refractivity contribution in [2.45, 2.75) is 18.1 Å². The van der Waals surface area contributed by atoms with Gasteiger partial charge in [-0.2, -0.15) is 4.98 Å². The molecule has 13 heteroatoms. The maximum Gasteiger partial charge on any atom is 0.316 e. The van der Waals surface area contributed by atoms with Crippen LogP contribution >= 0.6 is 11.8 Å². The van der Waals surface area contributed by atoms with E-state index in [4.69, 9.17) is 9.47 Å². The molecule has 1 aromatic carbocycles. The third kappa shape index (κ3) is 4.83. The van der Waals surface area contributed by atoms with Gasteiger partial charge in [0.15, 0.2) is 11.5 Å². The first-order valence-corrected chi connectivity index (χ1v) is 13.1. The van der Waals surface area contributed by atoms with Crippen molar-refractivity contribution in [1.82, 2.24) is 29.3 Å². The van der Waals surface area contributed by atoms with Crippen LogP contribution in [0.1, 0.15) is 12.0 Å². The maximum atomic E-state index is 13.4. The highest BCUT2D eigenvalue weighted by Crippen LogP contribution is 2.30. The van der Waals surface area contributed by atoms with Crippen LogP contribution in [0.15, 0.2) is 63.5 Å². The monoisotopic (exact) mass is 546 g/mol. The van der Waals surface area contributed by atoms with Crippen LogP contribution in [-0.4, -0.2) is 61.3 Å². The zero-order valence-corrected chi connectivity index (χ0v) is 21.6. The van der Waals surface area contributed by atoms with Crippen molar-refractivity contribution in [2.75, 3.05) is 26.1 Å². The molecular weight excluding hydrogens is 524 g/mol. The summed E-state index contributed by atoms with van der Waals surface area (Å²) in [6.07, 6.45) is 4.03. The van der Waals surface area contributed by atoms with E-state index in [2.05, 4.69) is 24.9 Å². The first-order chi connectivity index (χ1) is 19.0. The second-order valence-corrected chi connectivity index (χ2v) is 9.67. The van der Waals surface area contributed by atoms with Gasteiger partial charge in [-0.05, 0) is 35.9 Å². The molecular formula is C26H22N6O6S. The minimum absolute atomic E-state index is 0.0366. The number of hydrogen-bond acceptors (Lipinski definition) is 10. The number of aromatic nitrogens is 6. The Morgan fingerprint density at radius 3 is 2.59 bits per heavy atom. The van der Waals surface area contributed by atoms with Crippen LogP contribution in [0.25, 0.3) is 27.8 Å². The number of carbonyl (C=O) groups excluding carboxylic acids is 1. The maximum absolute atomic E-state index is 13.4. The minimum Gasteiger partial charge on any atom is -0.490 e. The van der Waals surface area contributed by atoms with Gasteiger partial charge in [0.05, 0.1) is 54.4 Å². The average molecular weight is 547 g/mol. The molecule has 198 valence electrons. The molecule has 4 aromatic heterocycles. The Labute approximate surface area is 224 Å². The van der Waals surface area contributed by atoms with Crippen LogP contribution < -0.4 is 20.6 Å². The van der Waals surface area contributed by atoms with Gasteiger partial charge in [-0.25, -0.2) is 10.1 Å². The summed E-state index contributed by atoms with van der Waals surface area (Å²) in [5.74, 6) is 1.15. The molecule has 0 spiro atoms. The number of carbonyl (C=O) groups is 1. The zero-order valence-electron chi connectivity index (χ0n) is 20.7. The van der Waals surface area contributed by atoms with Crippen LogP contribution in [0.3, 0.4) is 0 Å². The third-order valence-corrected chi connectivity index (χ3v) is 7.03. The number of pyridine rings is 3. The summed E-state index contributed by atoms with van der Waals surface area (Å²) in [4.78, 5) is 47.0. The van der Waals surface area contributed by atoms with Gasteiger partial charge in [0.1, 0.15) is 0 Å². The number of methoxy groups -OCH3 is 1. The smallest absolute Gasteiger partial charge is 0.316 e. The van der Waals surface area contributed by atoms with Crippen molar-refractivity contribution < 1.29 is 19.0 Å². The van der Waals surface area contributed by atoms with Gasteiger partial charge in [0.25, 0.3) is 11.1 Å². The van der Waals surface area contributed by atoms with Gasteiger partial charge in [-0.1, -0.05) is 17.8 Å². The second-order valence-electron chi connectivity index (χ2n) is 8.73. The van der Waals surface area contributed by atoms with Crippen molar-refractivity contribution in [3.05, 3.63) is 75.1 Å². The highest BCUT2D eigenvalue weighted by atomic mass is 32.2. The zero-order chi connectivity index (χ0) is 26.9. The van der Waals surface area contributed by atoms with Gasteiger partial charge < -0.3 is 18.8 Å². The fourth-order valence-electron chi connectivity index (χ4n) is 4.25. The number of esters is 1. The van der Waals surface area contributed by atoms with E-state index in [-0.39, 0.29) is 27.8 Å². The molecule has 12 nitrogen and oxygen atoms in total. The summed E-state index contributed by atoms with van der Waals surface area (Å²) in [5, 5.41) is 7.61. The summed E-state index contributed by atoms with van der Waals surface area (Å²) in [6, 6.07) is 10.6. The molecule has 6 rings (SSSR count). The quantitative estimate of drug-likeness (QED) is 0.191. The molecule has 0 radical (unpaired) electrons. The van der Waals surface area contributed by atoms with Crippen LogP contribution in [0.4, 0.5) is 0 Å². The number of aromatic amines is 1. The van der Waals surface area contributed by atoms with E-state index >= 15 is 0 Å². The lowest BCUT2D eigenvalue weighted by Gasteiger charge is -2.11. The molecule has 0 saturated heterocycles. The molecule has 39 heavy (non-hydrogen) atoms. The Morgan fingerprint density at radius 2 is 1.77 bits per heavy atom. The van der Waals surface area contributed by atoms with Gasteiger partial charge in [0.2, 0.25) is 11.1 Å². The van der Waals surface area contributed by atoms with Crippen molar-refractivity contribution in [3.8, 4) is 17.4 Å².